The zero-order chi connectivity index (χ0) is 20.8. The maximum absolute atomic E-state index is 5.63. The summed E-state index contributed by atoms with van der Waals surface area (Å²) >= 11 is -0.556. The molecule has 3 rings (SSSR count). The van der Waals surface area contributed by atoms with Gasteiger partial charge in [-0.05, 0) is 50.6 Å². The van der Waals surface area contributed by atoms with E-state index >= 15 is 0 Å². The quantitative estimate of drug-likeness (QED) is 0.266. The third-order valence-electron chi connectivity index (χ3n) is 7.42. The molecule has 29 heavy (non-hydrogen) atoms. The molecule has 0 spiro atoms. The predicted molar refractivity (Wildman–Crippen MR) is 131 cm³/mol. The van der Waals surface area contributed by atoms with Crippen molar-refractivity contribution in [3.05, 3.63) is 12.4 Å². The first-order valence-corrected chi connectivity index (χ1v) is 18.7. The first kappa shape index (κ1) is 28.5. The molecular formula is C23H46Cl2N2SiTi-2. The molecule has 0 bridgehead atoms. The van der Waals surface area contributed by atoms with Gasteiger partial charge in [-0.2, -0.15) is 0 Å². The summed E-state index contributed by atoms with van der Waals surface area (Å²) in [6, 6.07) is 2.34. The fourth-order valence-corrected chi connectivity index (χ4v) is 11.9. The monoisotopic (exact) mass is 496 g/mol. The number of likely N-dealkylation sites (tertiary alicyclic amines) is 1. The van der Waals surface area contributed by atoms with E-state index in [1.165, 1.54) is 76.9 Å². The number of fused-ring (bicyclic) bond motifs is 1. The van der Waals surface area contributed by atoms with Crippen LogP contribution in [0.15, 0.2) is 0 Å². The van der Waals surface area contributed by atoms with Gasteiger partial charge in [-0.25, -0.2) is 0 Å². The summed E-state index contributed by atoms with van der Waals surface area (Å²) in [5, 5.41) is 0. The predicted octanol–water partition coefficient (Wildman–Crippen LogP) is 8.41. The Balaban J connectivity index is 0.000000990. The molecule has 3 fully saturated rings. The third-order valence-corrected chi connectivity index (χ3v) is 12.2. The van der Waals surface area contributed by atoms with E-state index in [-0.39, 0.29) is 13.0 Å². The molecule has 0 radical (unpaired) electrons. The van der Waals surface area contributed by atoms with E-state index in [2.05, 4.69) is 39.1 Å². The van der Waals surface area contributed by atoms with Crippen LogP contribution < -0.4 is 0 Å². The van der Waals surface area contributed by atoms with E-state index in [0.29, 0.717) is 0 Å². The van der Waals surface area contributed by atoms with Crippen LogP contribution in [-0.4, -0.2) is 37.8 Å². The summed E-state index contributed by atoms with van der Waals surface area (Å²) in [6.07, 6.45) is 13.1. The van der Waals surface area contributed by atoms with Gasteiger partial charge in [0.15, 0.2) is 0 Å². The Kier molecular flexibility index (Phi) is 13.0. The molecule has 2 saturated carbocycles. The van der Waals surface area contributed by atoms with E-state index in [1.54, 1.807) is 0 Å². The Labute approximate surface area is 200 Å². The van der Waals surface area contributed by atoms with Crippen LogP contribution in [0.5, 0.6) is 0 Å². The van der Waals surface area contributed by atoms with E-state index in [0.717, 1.165) is 23.4 Å². The van der Waals surface area contributed by atoms with Crippen molar-refractivity contribution < 1.29 is 17.0 Å². The van der Waals surface area contributed by atoms with Crippen LogP contribution in [0.2, 0.25) is 18.1 Å². The zero-order valence-corrected chi connectivity index (χ0v) is 24.0. The Morgan fingerprint density at radius 2 is 1.59 bits per heavy atom. The van der Waals surface area contributed by atoms with E-state index < -0.39 is 25.3 Å². The second-order valence-electron chi connectivity index (χ2n) is 10.6. The maximum atomic E-state index is 5.63. The van der Waals surface area contributed by atoms with Gasteiger partial charge in [0.1, 0.15) is 0 Å². The summed E-state index contributed by atoms with van der Waals surface area (Å²) < 4.78 is 0. The second-order valence-corrected chi connectivity index (χ2v) is 17.3. The molecule has 6 heteroatoms. The van der Waals surface area contributed by atoms with Gasteiger partial charge < -0.3 is 17.3 Å². The van der Waals surface area contributed by atoms with E-state index in [9.17, 15) is 0 Å². The Morgan fingerprint density at radius 3 is 2.10 bits per heavy atom. The molecule has 3 aliphatic rings. The molecule has 5 atom stereocenters. The Hall–Kier alpha value is 1.43. The van der Waals surface area contributed by atoms with Crippen molar-refractivity contribution in [1.82, 2.24) is 4.90 Å². The molecule has 1 heterocycles. The fourth-order valence-electron chi connectivity index (χ4n) is 6.61. The number of hydrogen-bond acceptors (Lipinski definition) is 1. The average molecular weight is 497 g/mol. The van der Waals surface area contributed by atoms with Crippen LogP contribution in [0.25, 0.3) is 4.98 Å². The normalized spacial score (nSPS) is 31.8. The van der Waals surface area contributed by atoms with Gasteiger partial charge in [-0.1, -0.05) is 86.2 Å². The topological polar surface area (TPSA) is 17.3 Å². The van der Waals surface area contributed by atoms with Gasteiger partial charge in [0.25, 0.3) is 0 Å². The van der Waals surface area contributed by atoms with Crippen molar-refractivity contribution in [2.75, 3.05) is 13.1 Å². The Morgan fingerprint density at radius 1 is 1.03 bits per heavy atom. The fraction of sp³-hybridized carbons (Fsp3) is 0.957. The van der Waals surface area contributed by atoms with Crippen molar-refractivity contribution in [3.8, 4) is 0 Å². The van der Waals surface area contributed by atoms with Crippen molar-refractivity contribution in [2.24, 2.45) is 11.8 Å². The third kappa shape index (κ3) is 8.06. The molecule has 2 nitrogen and oxygen atoms in total. The molecule has 172 valence electrons. The van der Waals surface area contributed by atoms with Crippen LogP contribution in [0, 0.1) is 19.3 Å². The average Bonchev–Trinajstić information content (AvgIpc) is 3.27. The summed E-state index contributed by atoms with van der Waals surface area (Å²) in [7, 11) is 8.20. The molecule has 0 aromatic rings. The van der Waals surface area contributed by atoms with E-state index in [4.69, 9.17) is 23.6 Å². The van der Waals surface area contributed by atoms with Crippen LogP contribution in [0.4, 0.5) is 0 Å². The minimum absolute atomic E-state index is 0. The van der Waals surface area contributed by atoms with Crippen LogP contribution in [0.3, 0.4) is 0 Å². The number of nitrogens with zero attached hydrogens (tertiary/aromatic N) is 2. The zero-order valence-electron chi connectivity index (χ0n) is 19.9. The van der Waals surface area contributed by atoms with Crippen molar-refractivity contribution >= 4 is 26.8 Å². The first-order chi connectivity index (χ1) is 13.3. The molecule has 0 N–H and O–H groups in total. The molecule has 1 aliphatic heterocycles. The van der Waals surface area contributed by atoms with E-state index in [1.807, 2.05) is 0 Å². The number of halogens is 2. The Bertz CT molecular complexity index is 457. The summed E-state index contributed by atoms with van der Waals surface area (Å²) in [4.78, 5) is 8.53. The van der Waals surface area contributed by atoms with Gasteiger partial charge in [-0.3, -0.25) is 0 Å². The SMILES string of the molecule is CCCC[Si@](C)([N-]C(C)(C)C)C1CC(N2CCCC2)C2CCCCC21.[CH3-].[Cl][Ti][Cl]. The molecule has 4 unspecified atom stereocenters. The standard InChI is InChI=1S/C22H43N2Si.CH3.2ClH.Ti/c1-6-7-16-25(5,23-22(2,3)4)21-17-20(24-14-10-11-15-24)18-12-8-9-13-19(18)21;;;;/h18-21H,6-17H2,1-5H3;1H3;2*1H;/q2*-1;;;+2/p-2/t18?,19?,20?,21?,25-;;;;/m0..../s1. The molecule has 1 saturated heterocycles. The van der Waals surface area contributed by atoms with Gasteiger partial charge >= 0.3 is 35.6 Å². The van der Waals surface area contributed by atoms with Crippen molar-refractivity contribution in [1.29, 1.82) is 0 Å². The van der Waals surface area contributed by atoms with Crippen molar-refractivity contribution in [3.63, 3.8) is 0 Å². The molecule has 0 aromatic heterocycles. The number of hydrogen-bond donors (Lipinski definition) is 0. The second kappa shape index (κ2) is 13.2. The van der Waals surface area contributed by atoms with Gasteiger partial charge in [0, 0.05) is 6.04 Å². The van der Waals surface area contributed by atoms with Crippen LogP contribution in [-0.2, 0) is 17.0 Å². The molecular weight excluding hydrogens is 451 g/mol. The van der Waals surface area contributed by atoms with Gasteiger partial charge in [0.2, 0.25) is 0 Å². The van der Waals surface area contributed by atoms with Crippen molar-refractivity contribution in [2.45, 2.75) is 115 Å². The molecule has 0 aromatic carbocycles. The van der Waals surface area contributed by atoms with Crippen LogP contribution in [0.1, 0.15) is 85.5 Å². The molecule has 2 aliphatic carbocycles. The first-order valence-electron chi connectivity index (χ1n) is 11.7. The number of unbranched alkanes of at least 4 members (excludes halogenated alkanes) is 1. The van der Waals surface area contributed by atoms with Crippen LogP contribution >= 0.6 is 18.6 Å². The van der Waals surface area contributed by atoms with Gasteiger partial charge in [-0.15, -0.1) is 5.54 Å². The summed E-state index contributed by atoms with van der Waals surface area (Å²) in [6.45, 7) is 14.8. The summed E-state index contributed by atoms with van der Waals surface area (Å²) in [5.41, 5.74) is 1.10. The minimum atomic E-state index is -1.58. The number of rotatable bonds is 6. The van der Waals surface area contributed by atoms with Gasteiger partial charge in [0.05, 0.1) is 0 Å². The summed E-state index contributed by atoms with van der Waals surface area (Å²) in [5.74, 6) is 2.00. The molecule has 0 amide bonds.